The molecule has 0 heterocycles. The summed E-state index contributed by atoms with van der Waals surface area (Å²) in [7, 11) is 0. The highest BCUT2D eigenvalue weighted by molar-refractivity contribution is 5.69. The quantitative estimate of drug-likeness (QED) is 0.0262. The van der Waals surface area contributed by atoms with Crippen LogP contribution in [0.15, 0.2) is 0 Å². The van der Waals surface area contributed by atoms with Crippen LogP contribution in [0.25, 0.3) is 0 Å². The molecular weight excluding hydrogens is 776 g/mol. The minimum absolute atomic E-state index is 0.252. The molecule has 0 spiro atoms. The number of hydrogen-bond donors (Lipinski definition) is 10. The minimum atomic E-state index is -1.71. The highest BCUT2D eigenvalue weighted by Gasteiger charge is 2.31. The maximum Gasteiger partial charge on any atom is 0.305 e. The Balaban J connectivity index is 0. The van der Waals surface area contributed by atoms with Gasteiger partial charge in [0.05, 0.1) is 13.2 Å². The van der Waals surface area contributed by atoms with Gasteiger partial charge in [0.25, 0.3) is 0 Å². The molecule has 0 saturated heterocycles. The molecule has 0 rings (SSSR count). The summed E-state index contributed by atoms with van der Waals surface area (Å²) < 4.78 is 9.79. The van der Waals surface area contributed by atoms with Gasteiger partial charge in [-0.25, -0.2) is 0 Å². The number of unbranched alkanes of at least 4 members (excludes halogenated alkanes) is 26. The smallest absolute Gasteiger partial charge is 0.305 e. The van der Waals surface area contributed by atoms with E-state index in [-0.39, 0.29) is 12.8 Å². The third-order valence-electron chi connectivity index (χ3n) is 10.9. The van der Waals surface area contributed by atoms with Crippen LogP contribution in [0.1, 0.15) is 206 Å². The van der Waals surface area contributed by atoms with E-state index in [2.05, 4.69) is 13.8 Å². The lowest BCUT2D eigenvalue weighted by molar-refractivity contribution is -0.156. The Bertz CT molecular complexity index is 927. The first-order valence-electron chi connectivity index (χ1n) is 23.8. The van der Waals surface area contributed by atoms with E-state index in [0.717, 1.165) is 38.5 Å². The molecule has 0 bridgehead atoms. The van der Waals surface area contributed by atoms with Gasteiger partial charge >= 0.3 is 11.9 Å². The van der Waals surface area contributed by atoms with Crippen LogP contribution >= 0.6 is 0 Å². The third-order valence-corrected chi connectivity index (χ3v) is 10.9. The van der Waals surface area contributed by atoms with E-state index in [1.165, 1.54) is 141 Å². The molecule has 0 aliphatic heterocycles. The SMILES string of the molecule is CCCCCCCCCCCCCCCC(=O)OC[C@H](O)[C@@H](O)[C@H](O)[C@H](O)CO.CCCCCCCCCCCCCCCCCC(=O)OC[C@H](O)[C@@H](O)[C@H](O)[C@H](O)CO. The Labute approximate surface area is 363 Å². The van der Waals surface area contributed by atoms with Crippen LogP contribution in [0.4, 0.5) is 0 Å². The fourth-order valence-electron chi connectivity index (χ4n) is 6.75. The molecule has 0 aromatic heterocycles. The Morgan fingerprint density at radius 1 is 0.333 bits per heavy atom. The monoisotopic (exact) mass is 869 g/mol. The summed E-state index contributed by atoms with van der Waals surface area (Å²) in [6.07, 6.45) is 22.1. The van der Waals surface area contributed by atoms with E-state index >= 15 is 0 Å². The third kappa shape index (κ3) is 37.1. The molecule has 0 saturated carbocycles. The maximum atomic E-state index is 11.7. The molecule has 0 aliphatic rings. The molecule has 0 aromatic carbocycles. The van der Waals surface area contributed by atoms with E-state index in [0.29, 0.717) is 0 Å². The first-order valence-corrected chi connectivity index (χ1v) is 23.8. The van der Waals surface area contributed by atoms with E-state index < -0.39 is 87.2 Å². The van der Waals surface area contributed by atoms with Gasteiger partial charge in [0.15, 0.2) is 0 Å². The predicted octanol–water partition coefficient (Wildman–Crippen LogP) is 5.67. The Kier molecular flexibility index (Phi) is 44.6. The standard InChI is InChI=1S/C24H48O7.C22H44O7/c1-2-3-4-5-6-7-8-9-10-11-12-13-14-15-16-17-22(28)31-19-21(27)24(30)23(29)20(26)18-25;1-2-3-4-5-6-7-8-9-10-11-12-13-14-15-20(26)29-17-19(25)22(28)21(27)18(24)16-23/h20-21,23-27,29-30H,2-19H2,1H3;18-19,21-25,27-28H,2-17H2,1H3/t20-,21+,23-,24-;18-,19+,21-,22-/m11/s1. The molecule has 14 heteroatoms. The van der Waals surface area contributed by atoms with Crippen molar-refractivity contribution in [3.05, 3.63) is 0 Å². The second kappa shape index (κ2) is 44.2. The van der Waals surface area contributed by atoms with Crippen LogP contribution in [0.2, 0.25) is 0 Å². The Morgan fingerprint density at radius 2 is 0.533 bits per heavy atom. The van der Waals surface area contributed by atoms with Crippen LogP contribution in [0.5, 0.6) is 0 Å². The summed E-state index contributed by atoms with van der Waals surface area (Å²) in [5.41, 5.74) is 0. The number of ether oxygens (including phenoxy) is 2. The molecule has 8 atom stereocenters. The molecule has 0 fully saturated rings. The second-order valence-corrected chi connectivity index (χ2v) is 16.7. The Hall–Kier alpha value is -1.46. The van der Waals surface area contributed by atoms with Gasteiger partial charge in [0, 0.05) is 12.8 Å². The predicted molar refractivity (Wildman–Crippen MR) is 234 cm³/mol. The minimum Gasteiger partial charge on any atom is -0.463 e. The van der Waals surface area contributed by atoms with E-state index in [1.54, 1.807) is 0 Å². The average Bonchev–Trinajstić information content (AvgIpc) is 3.25. The molecule has 0 unspecified atom stereocenters. The van der Waals surface area contributed by atoms with Crippen molar-refractivity contribution in [3.63, 3.8) is 0 Å². The topological polar surface area (TPSA) is 255 Å². The lowest BCUT2D eigenvalue weighted by Crippen LogP contribution is -2.47. The highest BCUT2D eigenvalue weighted by Crippen LogP contribution is 2.16. The van der Waals surface area contributed by atoms with Crippen LogP contribution in [-0.4, -0.2) is 138 Å². The molecule has 14 nitrogen and oxygen atoms in total. The van der Waals surface area contributed by atoms with Crippen molar-refractivity contribution in [3.8, 4) is 0 Å². The van der Waals surface area contributed by atoms with Gasteiger partial charge in [-0.3, -0.25) is 9.59 Å². The van der Waals surface area contributed by atoms with Gasteiger partial charge in [0.2, 0.25) is 0 Å². The summed E-state index contributed by atoms with van der Waals surface area (Å²) in [6.45, 7) is 2.06. The van der Waals surface area contributed by atoms with Crippen molar-refractivity contribution >= 4 is 11.9 Å². The number of aliphatic hydroxyl groups excluding tert-OH is 10. The molecule has 10 N–H and O–H groups in total. The van der Waals surface area contributed by atoms with Crippen molar-refractivity contribution in [1.29, 1.82) is 0 Å². The van der Waals surface area contributed by atoms with Crippen molar-refractivity contribution in [2.24, 2.45) is 0 Å². The molecule has 0 aliphatic carbocycles. The summed E-state index contributed by atoms with van der Waals surface area (Å²) >= 11 is 0. The Morgan fingerprint density at radius 3 is 0.750 bits per heavy atom. The highest BCUT2D eigenvalue weighted by atomic mass is 16.5. The van der Waals surface area contributed by atoms with Crippen molar-refractivity contribution < 1.29 is 70.1 Å². The fraction of sp³-hybridized carbons (Fsp3) is 0.957. The van der Waals surface area contributed by atoms with Crippen LogP contribution in [0.3, 0.4) is 0 Å². The normalized spacial score (nSPS) is 15.5. The number of carbonyl (C=O) groups is 2. The number of carbonyl (C=O) groups excluding carboxylic acids is 2. The lowest BCUT2D eigenvalue weighted by Gasteiger charge is -2.25. The van der Waals surface area contributed by atoms with Crippen molar-refractivity contribution in [2.45, 2.75) is 255 Å². The van der Waals surface area contributed by atoms with Crippen LogP contribution < -0.4 is 0 Å². The molecule has 0 aromatic rings. The first-order chi connectivity index (χ1) is 28.9. The van der Waals surface area contributed by atoms with Crippen LogP contribution in [-0.2, 0) is 19.1 Å². The van der Waals surface area contributed by atoms with E-state index in [1.807, 2.05) is 0 Å². The number of rotatable bonds is 42. The number of hydrogen-bond acceptors (Lipinski definition) is 14. The van der Waals surface area contributed by atoms with Crippen molar-refractivity contribution in [1.82, 2.24) is 0 Å². The number of aliphatic hydroxyl groups is 10. The van der Waals surface area contributed by atoms with Gasteiger partial charge in [-0.2, -0.15) is 0 Å². The molecule has 0 amide bonds. The van der Waals surface area contributed by atoms with Crippen LogP contribution in [0, 0.1) is 0 Å². The average molecular weight is 869 g/mol. The summed E-state index contributed by atoms with van der Waals surface area (Å²) in [5.74, 6) is -0.922. The molecule has 0 radical (unpaired) electrons. The van der Waals surface area contributed by atoms with Gasteiger partial charge in [-0.15, -0.1) is 0 Å². The zero-order valence-electron chi connectivity index (χ0n) is 37.8. The lowest BCUT2D eigenvalue weighted by atomic mass is 10.0. The van der Waals surface area contributed by atoms with E-state index in [4.69, 9.17) is 19.7 Å². The zero-order chi connectivity index (χ0) is 45.2. The first kappa shape index (κ1) is 60.6. The summed E-state index contributed by atoms with van der Waals surface area (Å²) in [5, 5.41) is 93.6. The van der Waals surface area contributed by atoms with E-state index in [9.17, 15) is 50.4 Å². The maximum absolute atomic E-state index is 11.7. The number of esters is 2. The van der Waals surface area contributed by atoms with Gasteiger partial charge in [-0.05, 0) is 12.8 Å². The van der Waals surface area contributed by atoms with Gasteiger partial charge in [-0.1, -0.05) is 181 Å². The van der Waals surface area contributed by atoms with Gasteiger partial charge < -0.3 is 60.5 Å². The zero-order valence-corrected chi connectivity index (χ0v) is 37.8. The summed E-state index contributed by atoms with van der Waals surface area (Å²) in [6, 6.07) is 0. The molecular formula is C46H92O14. The fourth-order valence-corrected chi connectivity index (χ4v) is 6.75. The largest absolute Gasteiger partial charge is 0.463 e. The molecule has 60 heavy (non-hydrogen) atoms. The molecule has 360 valence electrons. The summed E-state index contributed by atoms with van der Waals surface area (Å²) in [4.78, 5) is 23.4. The second-order valence-electron chi connectivity index (χ2n) is 16.7. The van der Waals surface area contributed by atoms with Gasteiger partial charge in [0.1, 0.15) is 62.0 Å². The van der Waals surface area contributed by atoms with Crippen molar-refractivity contribution in [2.75, 3.05) is 26.4 Å².